The smallest absolute Gasteiger partial charge is 0.267 e. The van der Waals surface area contributed by atoms with Crippen molar-refractivity contribution in [1.29, 1.82) is 0 Å². The van der Waals surface area contributed by atoms with E-state index in [1.54, 1.807) is 0 Å². The third-order valence-corrected chi connectivity index (χ3v) is 6.57. The standard InChI is InChI=1S/C21H44O4S/c1-3-5-7-9-10-12-16-20(22)17-13-11-15-19-21(26(23,24)25)18-14-8-6-4-2/h20-22H,3-19H2,1-2H3,(H,23,24,25). The zero-order chi connectivity index (χ0) is 19.7. The molecule has 0 aliphatic rings. The first-order valence-corrected chi connectivity index (χ1v) is 12.6. The largest absolute Gasteiger partial charge is 0.393 e. The zero-order valence-corrected chi connectivity index (χ0v) is 18.1. The third-order valence-electron chi connectivity index (χ3n) is 5.26. The SMILES string of the molecule is CCCCCCCCC(O)CCCCCC(CCCCCC)S(=O)(=O)O. The van der Waals surface area contributed by atoms with Crippen molar-refractivity contribution in [2.75, 3.05) is 0 Å². The molecule has 0 aromatic heterocycles. The van der Waals surface area contributed by atoms with Gasteiger partial charge in [-0.3, -0.25) is 4.55 Å². The summed E-state index contributed by atoms with van der Waals surface area (Å²) >= 11 is 0. The fraction of sp³-hybridized carbons (Fsp3) is 1.00. The van der Waals surface area contributed by atoms with Gasteiger partial charge in [-0.25, -0.2) is 0 Å². The van der Waals surface area contributed by atoms with Gasteiger partial charge in [-0.05, 0) is 25.7 Å². The highest BCUT2D eigenvalue weighted by molar-refractivity contribution is 7.86. The molecule has 0 aromatic rings. The van der Waals surface area contributed by atoms with Crippen molar-refractivity contribution in [3.8, 4) is 0 Å². The summed E-state index contributed by atoms with van der Waals surface area (Å²) in [6.45, 7) is 4.34. The molecule has 26 heavy (non-hydrogen) atoms. The van der Waals surface area contributed by atoms with E-state index in [2.05, 4.69) is 13.8 Å². The first kappa shape index (κ1) is 25.9. The average Bonchev–Trinajstić information content (AvgIpc) is 2.58. The predicted octanol–water partition coefficient (Wildman–Crippen LogP) is 6.28. The van der Waals surface area contributed by atoms with E-state index in [-0.39, 0.29) is 6.10 Å². The summed E-state index contributed by atoms with van der Waals surface area (Å²) in [5.41, 5.74) is 0. The molecule has 5 heteroatoms. The van der Waals surface area contributed by atoms with E-state index in [0.717, 1.165) is 64.2 Å². The van der Waals surface area contributed by atoms with Crippen molar-refractivity contribution in [3.63, 3.8) is 0 Å². The van der Waals surface area contributed by atoms with Crippen molar-refractivity contribution in [2.24, 2.45) is 0 Å². The zero-order valence-electron chi connectivity index (χ0n) is 17.3. The van der Waals surface area contributed by atoms with E-state index in [0.29, 0.717) is 12.8 Å². The molecule has 0 radical (unpaired) electrons. The highest BCUT2D eigenvalue weighted by Gasteiger charge is 2.21. The molecule has 0 rings (SSSR count). The lowest BCUT2D eigenvalue weighted by molar-refractivity contribution is 0.147. The first-order valence-electron chi connectivity index (χ1n) is 11.1. The molecule has 0 bridgehead atoms. The average molecular weight is 393 g/mol. The molecule has 158 valence electrons. The molecule has 0 heterocycles. The molecule has 2 unspecified atom stereocenters. The topological polar surface area (TPSA) is 74.6 Å². The molecule has 2 atom stereocenters. The summed E-state index contributed by atoms with van der Waals surface area (Å²) in [6.07, 6.45) is 16.9. The van der Waals surface area contributed by atoms with Crippen LogP contribution in [0.5, 0.6) is 0 Å². The Morgan fingerprint density at radius 3 is 1.42 bits per heavy atom. The van der Waals surface area contributed by atoms with Crippen molar-refractivity contribution in [2.45, 2.75) is 134 Å². The first-order chi connectivity index (χ1) is 12.4. The molecule has 0 spiro atoms. The van der Waals surface area contributed by atoms with Gasteiger partial charge in [-0.1, -0.05) is 97.3 Å². The van der Waals surface area contributed by atoms with E-state index < -0.39 is 15.4 Å². The van der Waals surface area contributed by atoms with Crippen LogP contribution in [-0.4, -0.2) is 29.4 Å². The molecule has 0 aromatic carbocycles. The van der Waals surface area contributed by atoms with Crippen molar-refractivity contribution in [3.05, 3.63) is 0 Å². The van der Waals surface area contributed by atoms with Gasteiger partial charge in [0.1, 0.15) is 0 Å². The van der Waals surface area contributed by atoms with Gasteiger partial charge < -0.3 is 5.11 Å². The summed E-state index contributed by atoms with van der Waals surface area (Å²) in [7, 11) is -3.93. The van der Waals surface area contributed by atoms with Gasteiger partial charge in [0.2, 0.25) is 0 Å². The van der Waals surface area contributed by atoms with Gasteiger partial charge in [-0.15, -0.1) is 0 Å². The van der Waals surface area contributed by atoms with Crippen LogP contribution in [0.3, 0.4) is 0 Å². The van der Waals surface area contributed by atoms with E-state index in [9.17, 15) is 18.1 Å². The van der Waals surface area contributed by atoms with Crippen LogP contribution in [0.4, 0.5) is 0 Å². The Morgan fingerprint density at radius 1 is 0.615 bits per heavy atom. The fourth-order valence-electron chi connectivity index (χ4n) is 3.47. The Bertz CT molecular complexity index is 395. The summed E-state index contributed by atoms with van der Waals surface area (Å²) in [5.74, 6) is 0. The van der Waals surface area contributed by atoms with Gasteiger partial charge in [0.05, 0.1) is 11.4 Å². The van der Waals surface area contributed by atoms with Crippen molar-refractivity contribution in [1.82, 2.24) is 0 Å². The molecule has 0 fully saturated rings. The monoisotopic (exact) mass is 392 g/mol. The molecular weight excluding hydrogens is 348 g/mol. The number of hydrogen-bond donors (Lipinski definition) is 2. The van der Waals surface area contributed by atoms with E-state index in [1.165, 1.54) is 32.1 Å². The van der Waals surface area contributed by atoms with Crippen molar-refractivity contribution < 1.29 is 18.1 Å². The number of hydrogen-bond acceptors (Lipinski definition) is 3. The fourth-order valence-corrected chi connectivity index (χ4v) is 4.40. The lowest BCUT2D eigenvalue weighted by Crippen LogP contribution is -2.20. The Balaban J connectivity index is 3.73. The van der Waals surface area contributed by atoms with Gasteiger partial charge >= 0.3 is 0 Å². The predicted molar refractivity (Wildman–Crippen MR) is 111 cm³/mol. The molecule has 0 aliphatic carbocycles. The van der Waals surface area contributed by atoms with Gasteiger partial charge in [0.25, 0.3) is 10.1 Å². The van der Waals surface area contributed by atoms with Crippen molar-refractivity contribution >= 4 is 10.1 Å². The maximum atomic E-state index is 11.5. The van der Waals surface area contributed by atoms with E-state index >= 15 is 0 Å². The van der Waals surface area contributed by atoms with Gasteiger partial charge in [0.15, 0.2) is 0 Å². The molecule has 4 nitrogen and oxygen atoms in total. The van der Waals surface area contributed by atoms with E-state index in [1.807, 2.05) is 0 Å². The van der Waals surface area contributed by atoms with Crippen LogP contribution in [0.2, 0.25) is 0 Å². The summed E-state index contributed by atoms with van der Waals surface area (Å²) < 4.78 is 32.4. The number of aliphatic hydroxyl groups is 1. The lowest BCUT2D eigenvalue weighted by atomic mass is 10.0. The van der Waals surface area contributed by atoms with Crippen LogP contribution >= 0.6 is 0 Å². The van der Waals surface area contributed by atoms with E-state index in [4.69, 9.17) is 0 Å². The molecular formula is C21H44O4S. The number of aliphatic hydroxyl groups excluding tert-OH is 1. The number of unbranched alkanes of at least 4 members (excludes halogenated alkanes) is 10. The molecule has 0 amide bonds. The second-order valence-corrected chi connectivity index (χ2v) is 9.53. The second kappa shape index (κ2) is 17.0. The molecule has 0 saturated carbocycles. The highest BCUT2D eigenvalue weighted by atomic mass is 32.2. The normalized spacial score (nSPS) is 14.5. The van der Waals surface area contributed by atoms with Crippen LogP contribution in [0.1, 0.15) is 123 Å². The quantitative estimate of drug-likeness (QED) is 0.200. The third kappa shape index (κ3) is 16.1. The summed E-state index contributed by atoms with van der Waals surface area (Å²) in [5, 5.41) is 9.42. The van der Waals surface area contributed by atoms with Crippen LogP contribution in [-0.2, 0) is 10.1 Å². The number of rotatable bonds is 19. The van der Waals surface area contributed by atoms with Crippen LogP contribution in [0, 0.1) is 0 Å². The Labute approximate surface area is 162 Å². The van der Waals surface area contributed by atoms with Gasteiger partial charge in [0, 0.05) is 0 Å². The maximum absolute atomic E-state index is 11.5. The van der Waals surface area contributed by atoms with Crippen LogP contribution in [0.25, 0.3) is 0 Å². The minimum absolute atomic E-state index is 0.215. The second-order valence-electron chi connectivity index (χ2n) is 7.83. The summed E-state index contributed by atoms with van der Waals surface area (Å²) in [4.78, 5) is 0. The Morgan fingerprint density at radius 2 is 0.962 bits per heavy atom. The van der Waals surface area contributed by atoms with Crippen LogP contribution < -0.4 is 0 Å². The van der Waals surface area contributed by atoms with Crippen LogP contribution in [0.15, 0.2) is 0 Å². The van der Waals surface area contributed by atoms with Gasteiger partial charge in [-0.2, -0.15) is 8.42 Å². The maximum Gasteiger partial charge on any atom is 0.267 e. The molecule has 2 N–H and O–H groups in total. The molecule has 0 aliphatic heterocycles. The minimum atomic E-state index is -3.93. The highest BCUT2D eigenvalue weighted by Crippen LogP contribution is 2.19. The molecule has 0 saturated heterocycles. The lowest BCUT2D eigenvalue weighted by Gasteiger charge is -2.14. The Hall–Kier alpha value is -0.130. The Kier molecular flexibility index (Phi) is 16.9. The minimum Gasteiger partial charge on any atom is -0.393 e. The summed E-state index contributed by atoms with van der Waals surface area (Å²) in [6, 6.07) is 0.